The van der Waals surface area contributed by atoms with Crippen molar-refractivity contribution in [3.63, 3.8) is 0 Å². The summed E-state index contributed by atoms with van der Waals surface area (Å²) in [6, 6.07) is 0. The average Bonchev–Trinajstić information content (AvgIpc) is 2.95. The SMILES string of the molecule is CCOCCO[C@H]1CCN(CC2(C)CCNC2)C1. The van der Waals surface area contributed by atoms with E-state index in [1.54, 1.807) is 0 Å². The van der Waals surface area contributed by atoms with Gasteiger partial charge in [-0.05, 0) is 31.7 Å². The van der Waals surface area contributed by atoms with Crippen LogP contribution in [0.2, 0.25) is 0 Å². The minimum atomic E-state index is 0.420. The average molecular weight is 256 g/mol. The number of likely N-dealkylation sites (tertiary alicyclic amines) is 1. The molecule has 0 spiro atoms. The van der Waals surface area contributed by atoms with Gasteiger partial charge in [-0.1, -0.05) is 6.92 Å². The van der Waals surface area contributed by atoms with Crippen molar-refractivity contribution < 1.29 is 9.47 Å². The van der Waals surface area contributed by atoms with Crippen LogP contribution in [0.4, 0.5) is 0 Å². The minimum absolute atomic E-state index is 0.420. The van der Waals surface area contributed by atoms with Gasteiger partial charge in [0, 0.05) is 32.8 Å². The van der Waals surface area contributed by atoms with Crippen LogP contribution in [0.15, 0.2) is 0 Å². The number of rotatable bonds is 7. The molecule has 4 nitrogen and oxygen atoms in total. The Morgan fingerprint density at radius 2 is 2.28 bits per heavy atom. The molecule has 2 saturated heterocycles. The predicted molar refractivity (Wildman–Crippen MR) is 72.9 cm³/mol. The lowest BCUT2D eigenvalue weighted by Crippen LogP contribution is -2.36. The standard InChI is InChI=1S/C14H28N2O2/c1-3-17-8-9-18-13-4-7-16(10-13)12-14(2)5-6-15-11-14/h13,15H,3-12H2,1-2H3/t13-,14?/m0/s1. The second kappa shape index (κ2) is 6.85. The highest BCUT2D eigenvalue weighted by Gasteiger charge is 2.33. The fourth-order valence-electron chi connectivity index (χ4n) is 3.04. The monoisotopic (exact) mass is 256 g/mol. The summed E-state index contributed by atoms with van der Waals surface area (Å²) >= 11 is 0. The van der Waals surface area contributed by atoms with E-state index in [1.165, 1.54) is 39.0 Å². The zero-order valence-electron chi connectivity index (χ0n) is 11.9. The van der Waals surface area contributed by atoms with E-state index in [4.69, 9.17) is 9.47 Å². The Kier molecular flexibility index (Phi) is 5.42. The number of nitrogens with one attached hydrogen (secondary N) is 1. The molecule has 0 aliphatic carbocycles. The van der Waals surface area contributed by atoms with Gasteiger partial charge in [-0.2, -0.15) is 0 Å². The Morgan fingerprint density at radius 1 is 1.39 bits per heavy atom. The van der Waals surface area contributed by atoms with E-state index in [9.17, 15) is 0 Å². The summed E-state index contributed by atoms with van der Waals surface area (Å²) in [5.41, 5.74) is 0.472. The molecule has 18 heavy (non-hydrogen) atoms. The maximum atomic E-state index is 5.85. The quantitative estimate of drug-likeness (QED) is 0.692. The third-order valence-corrected chi connectivity index (χ3v) is 4.08. The lowest BCUT2D eigenvalue weighted by molar-refractivity contribution is 0.0106. The lowest BCUT2D eigenvalue weighted by Gasteiger charge is -2.29. The van der Waals surface area contributed by atoms with Crippen molar-refractivity contribution in [3.8, 4) is 0 Å². The van der Waals surface area contributed by atoms with Crippen LogP contribution in [0.3, 0.4) is 0 Å². The molecule has 2 heterocycles. The van der Waals surface area contributed by atoms with Crippen molar-refractivity contribution in [2.45, 2.75) is 32.8 Å². The molecule has 0 radical (unpaired) electrons. The Balaban J connectivity index is 1.62. The van der Waals surface area contributed by atoms with Gasteiger partial charge in [-0.15, -0.1) is 0 Å². The van der Waals surface area contributed by atoms with Gasteiger partial charge >= 0.3 is 0 Å². The van der Waals surface area contributed by atoms with Crippen molar-refractivity contribution in [1.29, 1.82) is 0 Å². The summed E-state index contributed by atoms with van der Waals surface area (Å²) in [7, 11) is 0. The lowest BCUT2D eigenvalue weighted by atomic mass is 9.89. The van der Waals surface area contributed by atoms with Gasteiger partial charge in [0.2, 0.25) is 0 Å². The Hall–Kier alpha value is -0.160. The van der Waals surface area contributed by atoms with Gasteiger partial charge in [-0.25, -0.2) is 0 Å². The molecule has 2 aliphatic rings. The van der Waals surface area contributed by atoms with Crippen molar-refractivity contribution >= 4 is 0 Å². The van der Waals surface area contributed by atoms with E-state index >= 15 is 0 Å². The fraction of sp³-hybridized carbons (Fsp3) is 1.00. The summed E-state index contributed by atoms with van der Waals surface area (Å²) in [5, 5.41) is 3.47. The van der Waals surface area contributed by atoms with Crippen molar-refractivity contribution in [2.24, 2.45) is 5.41 Å². The first-order chi connectivity index (χ1) is 8.72. The van der Waals surface area contributed by atoms with Crippen molar-refractivity contribution in [3.05, 3.63) is 0 Å². The minimum Gasteiger partial charge on any atom is -0.379 e. The molecule has 0 aromatic heterocycles. The first-order valence-corrected chi connectivity index (χ1v) is 7.34. The van der Waals surface area contributed by atoms with E-state index in [-0.39, 0.29) is 0 Å². The van der Waals surface area contributed by atoms with Gasteiger partial charge in [-0.3, -0.25) is 0 Å². The summed E-state index contributed by atoms with van der Waals surface area (Å²) < 4.78 is 11.1. The molecule has 4 heteroatoms. The fourth-order valence-corrected chi connectivity index (χ4v) is 3.04. The third kappa shape index (κ3) is 4.19. The Labute approximate surface area is 111 Å². The smallest absolute Gasteiger partial charge is 0.0715 e. The predicted octanol–water partition coefficient (Wildman–Crippen LogP) is 1.11. The van der Waals surface area contributed by atoms with Gasteiger partial charge in [0.15, 0.2) is 0 Å². The maximum absolute atomic E-state index is 5.85. The molecule has 2 fully saturated rings. The largest absolute Gasteiger partial charge is 0.379 e. The Bertz CT molecular complexity index is 242. The van der Waals surface area contributed by atoms with Crippen LogP contribution in [0, 0.1) is 5.41 Å². The summed E-state index contributed by atoms with van der Waals surface area (Å²) in [4.78, 5) is 2.57. The molecule has 2 rings (SSSR count). The summed E-state index contributed by atoms with van der Waals surface area (Å²) in [6.07, 6.45) is 2.90. The normalized spacial score (nSPS) is 33.3. The highest BCUT2D eigenvalue weighted by molar-refractivity contribution is 4.89. The zero-order valence-corrected chi connectivity index (χ0v) is 11.9. The van der Waals surface area contributed by atoms with Crippen LogP contribution in [-0.2, 0) is 9.47 Å². The number of ether oxygens (including phenoxy) is 2. The molecule has 106 valence electrons. The van der Waals surface area contributed by atoms with Crippen LogP contribution in [0.5, 0.6) is 0 Å². The molecule has 0 aromatic rings. The molecule has 0 aromatic carbocycles. The van der Waals surface area contributed by atoms with Crippen LogP contribution >= 0.6 is 0 Å². The Morgan fingerprint density at radius 3 is 3.00 bits per heavy atom. The topological polar surface area (TPSA) is 33.7 Å². The van der Waals surface area contributed by atoms with Gasteiger partial charge < -0.3 is 19.7 Å². The molecule has 2 aliphatic heterocycles. The second-order valence-corrected chi connectivity index (χ2v) is 5.95. The van der Waals surface area contributed by atoms with Crippen LogP contribution in [0.1, 0.15) is 26.7 Å². The van der Waals surface area contributed by atoms with E-state index in [0.717, 1.165) is 26.4 Å². The van der Waals surface area contributed by atoms with E-state index in [1.807, 2.05) is 6.92 Å². The highest BCUT2D eigenvalue weighted by Crippen LogP contribution is 2.27. The van der Waals surface area contributed by atoms with Crippen molar-refractivity contribution in [2.75, 3.05) is 52.5 Å². The first kappa shape index (κ1) is 14.3. The van der Waals surface area contributed by atoms with Gasteiger partial charge in [0.05, 0.1) is 19.3 Å². The van der Waals surface area contributed by atoms with Gasteiger partial charge in [0.1, 0.15) is 0 Å². The number of hydrogen-bond donors (Lipinski definition) is 1. The summed E-state index contributed by atoms with van der Waals surface area (Å²) in [6.45, 7) is 12.5. The van der Waals surface area contributed by atoms with Crippen LogP contribution in [0.25, 0.3) is 0 Å². The van der Waals surface area contributed by atoms with Crippen molar-refractivity contribution in [1.82, 2.24) is 10.2 Å². The van der Waals surface area contributed by atoms with E-state index < -0.39 is 0 Å². The maximum Gasteiger partial charge on any atom is 0.0715 e. The third-order valence-electron chi connectivity index (χ3n) is 4.08. The van der Waals surface area contributed by atoms with Gasteiger partial charge in [0.25, 0.3) is 0 Å². The zero-order chi connectivity index (χ0) is 12.8. The highest BCUT2D eigenvalue weighted by atomic mass is 16.5. The van der Waals surface area contributed by atoms with E-state index in [2.05, 4.69) is 17.1 Å². The molecular weight excluding hydrogens is 228 g/mol. The van der Waals surface area contributed by atoms with Crippen LogP contribution < -0.4 is 5.32 Å². The van der Waals surface area contributed by atoms with Crippen LogP contribution in [-0.4, -0.2) is 63.5 Å². The molecule has 0 saturated carbocycles. The molecule has 0 amide bonds. The number of nitrogens with zero attached hydrogens (tertiary/aromatic N) is 1. The molecule has 1 N–H and O–H groups in total. The number of hydrogen-bond acceptors (Lipinski definition) is 4. The van der Waals surface area contributed by atoms with E-state index in [0.29, 0.717) is 11.5 Å². The first-order valence-electron chi connectivity index (χ1n) is 7.34. The molecule has 0 bridgehead atoms. The second-order valence-electron chi connectivity index (χ2n) is 5.95. The molecule has 1 unspecified atom stereocenters. The molecular formula is C14H28N2O2. The molecule has 2 atom stereocenters. The summed E-state index contributed by atoms with van der Waals surface area (Å²) in [5.74, 6) is 0.